The Morgan fingerprint density at radius 2 is 2.05 bits per heavy atom. The molecule has 2 rings (SSSR count). The molecule has 110 valence electrons. The Morgan fingerprint density at radius 3 is 2.80 bits per heavy atom. The first-order valence-corrected chi connectivity index (χ1v) is 7.81. The van der Waals surface area contributed by atoms with Crippen molar-refractivity contribution in [2.45, 2.75) is 58.3 Å². The van der Waals surface area contributed by atoms with Crippen LogP contribution in [-0.2, 0) is 4.79 Å². The van der Waals surface area contributed by atoms with Gasteiger partial charge in [0.25, 0.3) is 0 Å². The normalized spacial score (nSPS) is 16.1. The summed E-state index contributed by atoms with van der Waals surface area (Å²) < 4.78 is 0. The largest absolute Gasteiger partial charge is 0.399 e. The molecule has 0 aromatic heterocycles. The standard InChI is InChI=1S/C17H26N2O/c1-13-10-11-15(18)12-16(13)19-17(20)9-5-8-14-6-3-2-4-7-14/h10-12,14H,2-9,18H2,1H3,(H,19,20). The van der Waals surface area contributed by atoms with Crippen LogP contribution in [0.5, 0.6) is 0 Å². The van der Waals surface area contributed by atoms with Gasteiger partial charge in [-0.05, 0) is 43.4 Å². The lowest BCUT2D eigenvalue weighted by Gasteiger charge is -2.21. The molecule has 0 atom stereocenters. The number of anilines is 2. The smallest absolute Gasteiger partial charge is 0.224 e. The molecule has 0 aliphatic heterocycles. The number of aryl methyl sites for hydroxylation is 1. The van der Waals surface area contributed by atoms with Gasteiger partial charge in [-0.3, -0.25) is 4.79 Å². The van der Waals surface area contributed by atoms with E-state index in [0.717, 1.165) is 23.6 Å². The molecule has 1 saturated carbocycles. The Morgan fingerprint density at radius 1 is 1.30 bits per heavy atom. The summed E-state index contributed by atoms with van der Waals surface area (Å²) in [4.78, 5) is 12.0. The van der Waals surface area contributed by atoms with Gasteiger partial charge >= 0.3 is 0 Å². The number of nitrogens with two attached hydrogens (primary N) is 1. The number of rotatable bonds is 5. The van der Waals surface area contributed by atoms with Gasteiger partial charge in [-0.25, -0.2) is 0 Å². The summed E-state index contributed by atoms with van der Waals surface area (Å²) in [7, 11) is 0. The number of carbonyl (C=O) groups is 1. The van der Waals surface area contributed by atoms with Crippen molar-refractivity contribution in [1.29, 1.82) is 0 Å². The van der Waals surface area contributed by atoms with Crippen LogP contribution in [0.4, 0.5) is 11.4 Å². The van der Waals surface area contributed by atoms with Crippen molar-refractivity contribution in [1.82, 2.24) is 0 Å². The predicted molar refractivity (Wildman–Crippen MR) is 84.6 cm³/mol. The maximum Gasteiger partial charge on any atom is 0.224 e. The number of benzene rings is 1. The van der Waals surface area contributed by atoms with E-state index in [1.54, 1.807) is 0 Å². The molecule has 0 saturated heterocycles. The maximum absolute atomic E-state index is 12.0. The van der Waals surface area contributed by atoms with Crippen LogP contribution >= 0.6 is 0 Å². The van der Waals surface area contributed by atoms with Crippen molar-refractivity contribution in [3.05, 3.63) is 23.8 Å². The average molecular weight is 274 g/mol. The van der Waals surface area contributed by atoms with Crippen LogP contribution in [-0.4, -0.2) is 5.91 Å². The molecule has 1 aliphatic carbocycles. The lowest BCUT2D eigenvalue weighted by atomic mass is 9.86. The van der Waals surface area contributed by atoms with Crippen molar-refractivity contribution in [2.75, 3.05) is 11.1 Å². The summed E-state index contributed by atoms with van der Waals surface area (Å²) in [6, 6.07) is 5.62. The molecule has 1 aliphatic rings. The minimum absolute atomic E-state index is 0.106. The van der Waals surface area contributed by atoms with E-state index in [4.69, 9.17) is 5.73 Å². The molecular weight excluding hydrogens is 248 g/mol. The van der Waals surface area contributed by atoms with E-state index in [-0.39, 0.29) is 5.91 Å². The van der Waals surface area contributed by atoms with Crippen LogP contribution in [0.15, 0.2) is 18.2 Å². The van der Waals surface area contributed by atoms with Gasteiger partial charge in [-0.15, -0.1) is 0 Å². The summed E-state index contributed by atoms with van der Waals surface area (Å²) in [6.07, 6.45) is 9.67. The molecule has 0 heterocycles. The molecule has 3 heteroatoms. The van der Waals surface area contributed by atoms with Crippen molar-refractivity contribution in [3.8, 4) is 0 Å². The third kappa shape index (κ3) is 4.55. The minimum atomic E-state index is 0.106. The van der Waals surface area contributed by atoms with E-state index in [0.29, 0.717) is 12.1 Å². The predicted octanol–water partition coefficient (Wildman–Crippen LogP) is 4.27. The fraction of sp³-hybridized carbons (Fsp3) is 0.588. The Labute approximate surface area is 121 Å². The van der Waals surface area contributed by atoms with Crippen LogP contribution in [0.3, 0.4) is 0 Å². The highest BCUT2D eigenvalue weighted by molar-refractivity contribution is 5.91. The highest BCUT2D eigenvalue weighted by Gasteiger charge is 2.13. The topological polar surface area (TPSA) is 55.1 Å². The lowest BCUT2D eigenvalue weighted by molar-refractivity contribution is -0.116. The fourth-order valence-electron chi connectivity index (χ4n) is 3.01. The summed E-state index contributed by atoms with van der Waals surface area (Å²) in [5.74, 6) is 0.958. The molecular formula is C17H26N2O. The quantitative estimate of drug-likeness (QED) is 0.788. The van der Waals surface area contributed by atoms with Crippen molar-refractivity contribution in [3.63, 3.8) is 0 Å². The molecule has 0 spiro atoms. The number of nitrogen functional groups attached to an aromatic ring is 1. The Kier molecular flexibility index (Phi) is 5.45. The van der Waals surface area contributed by atoms with E-state index in [2.05, 4.69) is 5.32 Å². The van der Waals surface area contributed by atoms with E-state index in [1.807, 2.05) is 25.1 Å². The van der Waals surface area contributed by atoms with Gasteiger partial charge in [0.15, 0.2) is 0 Å². The molecule has 3 N–H and O–H groups in total. The zero-order chi connectivity index (χ0) is 14.4. The van der Waals surface area contributed by atoms with Gasteiger partial charge in [0.1, 0.15) is 0 Å². The summed E-state index contributed by atoms with van der Waals surface area (Å²) in [5, 5.41) is 2.97. The van der Waals surface area contributed by atoms with Crippen molar-refractivity contribution in [2.24, 2.45) is 5.92 Å². The molecule has 1 amide bonds. The zero-order valence-electron chi connectivity index (χ0n) is 12.5. The molecule has 0 bridgehead atoms. The van der Waals surface area contributed by atoms with Crippen LogP contribution in [0.1, 0.15) is 56.9 Å². The van der Waals surface area contributed by atoms with Crippen molar-refractivity contribution < 1.29 is 4.79 Å². The maximum atomic E-state index is 12.0. The lowest BCUT2D eigenvalue weighted by Crippen LogP contribution is -2.13. The highest BCUT2D eigenvalue weighted by atomic mass is 16.1. The Bertz CT molecular complexity index is 450. The van der Waals surface area contributed by atoms with Gasteiger partial charge in [0.05, 0.1) is 0 Å². The van der Waals surface area contributed by atoms with E-state index >= 15 is 0 Å². The number of carbonyl (C=O) groups excluding carboxylic acids is 1. The van der Waals surface area contributed by atoms with Crippen LogP contribution < -0.4 is 11.1 Å². The third-order valence-corrected chi connectivity index (χ3v) is 4.28. The number of amides is 1. The monoisotopic (exact) mass is 274 g/mol. The highest BCUT2D eigenvalue weighted by Crippen LogP contribution is 2.27. The molecule has 0 radical (unpaired) electrons. The van der Waals surface area contributed by atoms with E-state index in [9.17, 15) is 4.79 Å². The first-order valence-electron chi connectivity index (χ1n) is 7.81. The molecule has 1 aromatic rings. The van der Waals surface area contributed by atoms with Crippen LogP contribution in [0, 0.1) is 12.8 Å². The average Bonchev–Trinajstić information content (AvgIpc) is 2.44. The van der Waals surface area contributed by atoms with Crippen molar-refractivity contribution >= 4 is 17.3 Å². The SMILES string of the molecule is Cc1ccc(N)cc1NC(=O)CCCC1CCCCC1. The molecule has 20 heavy (non-hydrogen) atoms. The van der Waals surface area contributed by atoms with Gasteiger partial charge < -0.3 is 11.1 Å². The summed E-state index contributed by atoms with van der Waals surface area (Å²) >= 11 is 0. The summed E-state index contributed by atoms with van der Waals surface area (Å²) in [5.41, 5.74) is 8.33. The molecule has 3 nitrogen and oxygen atoms in total. The second-order valence-electron chi connectivity index (χ2n) is 6.02. The van der Waals surface area contributed by atoms with E-state index < -0.39 is 0 Å². The fourth-order valence-corrected chi connectivity index (χ4v) is 3.01. The number of hydrogen-bond donors (Lipinski definition) is 2. The van der Waals surface area contributed by atoms with Crippen LogP contribution in [0.2, 0.25) is 0 Å². The Balaban J connectivity index is 1.73. The Hall–Kier alpha value is -1.51. The van der Waals surface area contributed by atoms with Crippen LogP contribution in [0.25, 0.3) is 0 Å². The first-order chi connectivity index (χ1) is 9.65. The van der Waals surface area contributed by atoms with Gasteiger partial charge in [-0.2, -0.15) is 0 Å². The first kappa shape index (κ1) is 14.9. The molecule has 1 aromatic carbocycles. The van der Waals surface area contributed by atoms with Gasteiger partial charge in [-0.1, -0.05) is 38.2 Å². The molecule has 0 unspecified atom stereocenters. The third-order valence-electron chi connectivity index (χ3n) is 4.28. The summed E-state index contributed by atoms with van der Waals surface area (Å²) in [6.45, 7) is 1.98. The van der Waals surface area contributed by atoms with Gasteiger partial charge in [0.2, 0.25) is 5.91 Å². The number of nitrogens with one attached hydrogen (secondary N) is 1. The second kappa shape index (κ2) is 7.32. The van der Waals surface area contributed by atoms with Gasteiger partial charge in [0, 0.05) is 17.8 Å². The number of hydrogen-bond acceptors (Lipinski definition) is 2. The minimum Gasteiger partial charge on any atom is -0.399 e. The van der Waals surface area contributed by atoms with E-state index in [1.165, 1.54) is 38.5 Å². The second-order valence-corrected chi connectivity index (χ2v) is 6.02. The molecule has 1 fully saturated rings. The zero-order valence-corrected chi connectivity index (χ0v) is 12.5.